The molecule has 1 rings (SSSR count). The first-order chi connectivity index (χ1) is 7.21. The minimum Gasteiger partial charge on any atom is -0.340 e. The van der Waals surface area contributed by atoms with Crippen LogP contribution in [-0.2, 0) is 12.8 Å². The van der Waals surface area contributed by atoms with Crippen LogP contribution in [0.5, 0.6) is 0 Å². The Balaban J connectivity index is 2.89. The molecule has 1 aromatic rings. The Labute approximate surface area is 90.5 Å². The number of aromatic nitrogens is 3. The van der Waals surface area contributed by atoms with E-state index in [1.807, 2.05) is 13.8 Å². The number of nitrogens with one attached hydrogen (secondary N) is 1. The summed E-state index contributed by atoms with van der Waals surface area (Å²) in [5.74, 6) is 3.07. The standard InChI is InChI=1S/C11H16N4/c1-5-8(4)12-11-13-9(6-2)10(7-3)14-15-11/h1,8H,6-7H2,2-4H3,(H,12,13,15). The first-order valence-corrected chi connectivity index (χ1v) is 5.16. The van der Waals surface area contributed by atoms with E-state index in [4.69, 9.17) is 6.42 Å². The maximum atomic E-state index is 5.26. The van der Waals surface area contributed by atoms with Gasteiger partial charge in [-0.1, -0.05) is 19.8 Å². The lowest BCUT2D eigenvalue weighted by Gasteiger charge is -2.09. The summed E-state index contributed by atoms with van der Waals surface area (Å²) < 4.78 is 0. The van der Waals surface area contributed by atoms with Crippen molar-refractivity contribution in [3.63, 3.8) is 0 Å². The molecule has 0 aliphatic heterocycles. The Morgan fingerprint density at radius 3 is 2.47 bits per heavy atom. The Hall–Kier alpha value is -1.63. The van der Waals surface area contributed by atoms with Crippen molar-refractivity contribution < 1.29 is 0 Å². The molecule has 0 aliphatic carbocycles. The summed E-state index contributed by atoms with van der Waals surface area (Å²) in [4.78, 5) is 4.37. The number of hydrogen-bond acceptors (Lipinski definition) is 4. The van der Waals surface area contributed by atoms with Gasteiger partial charge in [0.2, 0.25) is 5.95 Å². The molecule has 0 saturated heterocycles. The average Bonchev–Trinajstić information content (AvgIpc) is 2.28. The predicted octanol–water partition coefficient (Wildman–Crippen LogP) is 1.43. The fourth-order valence-electron chi connectivity index (χ4n) is 1.23. The van der Waals surface area contributed by atoms with Gasteiger partial charge < -0.3 is 5.32 Å². The van der Waals surface area contributed by atoms with E-state index in [9.17, 15) is 0 Å². The second-order valence-corrected chi connectivity index (χ2v) is 3.27. The largest absolute Gasteiger partial charge is 0.340 e. The van der Waals surface area contributed by atoms with Crippen LogP contribution in [0.1, 0.15) is 32.2 Å². The zero-order valence-electron chi connectivity index (χ0n) is 9.41. The topological polar surface area (TPSA) is 50.7 Å². The van der Waals surface area contributed by atoms with Crippen LogP contribution < -0.4 is 5.32 Å². The van der Waals surface area contributed by atoms with Crippen molar-refractivity contribution in [3.8, 4) is 12.3 Å². The molecule has 0 aromatic carbocycles. The van der Waals surface area contributed by atoms with Crippen molar-refractivity contribution in [3.05, 3.63) is 11.4 Å². The molecular formula is C11H16N4. The van der Waals surface area contributed by atoms with Gasteiger partial charge >= 0.3 is 0 Å². The van der Waals surface area contributed by atoms with Gasteiger partial charge in [-0.15, -0.1) is 11.5 Å². The lowest BCUT2D eigenvalue weighted by molar-refractivity contribution is 0.813. The van der Waals surface area contributed by atoms with Crippen LogP contribution in [-0.4, -0.2) is 21.2 Å². The molecule has 0 saturated carbocycles. The quantitative estimate of drug-likeness (QED) is 0.754. The van der Waals surface area contributed by atoms with Gasteiger partial charge in [-0.25, -0.2) is 4.98 Å². The van der Waals surface area contributed by atoms with Crippen LogP contribution in [0.25, 0.3) is 0 Å². The van der Waals surface area contributed by atoms with Gasteiger partial charge in [0.25, 0.3) is 0 Å². The van der Waals surface area contributed by atoms with E-state index in [1.165, 1.54) is 0 Å². The second-order valence-electron chi connectivity index (χ2n) is 3.27. The van der Waals surface area contributed by atoms with Crippen LogP contribution >= 0.6 is 0 Å². The summed E-state index contributed by atoms with van der Waals surface area (Å²) in [6.07, 6.45) is 6.97. The van der Waals surface area contributed by atoms with Crippen molar-refractivity contribution in [2.45, 2.75) is 39.7 Å². The molecular weight excluding hydrogens is 188 g/mol. The molecule has 0 radical (unpaired) electrons. The van der Waals surface area contributed by atoms with Crippen LogP contribution in [0.15, 0.2) is 0 Å². The smallest absolute Gasteiger partial charge is 0.243 e. The monoisotopic (exact) mass is 204 g/mol. The third-order valence-electron chi connectivity index (χ3n) is 2.10. The molecule has 4 heteroatoms. The van der Waals surface area contributed by atoms with E-state index in [0.29, 0.717) is 5.95 Å². The lowest BCUT2D eigenvalue weighted by Crippen LogP contribution is -2.16. The zero-order valence-corrected chi connectivity index (χ0v) is 9.41. The van der Waals surface area contributed by atoms with E-state index in [2.05, 4.69) is 33.3 Å². The molecule has 0 bridgehead atoms. The van der Waals surface area contributed by atoms with Crippen molar-refractivity contribution >= 4 is 5.95 Å². The molecule has 1 aromatic heterocycles. The lowest BCUT2D eigenvalue weighted by atomic mass is 10.2. The van der Waals surface area contributed by atoms with Gasteiger partial charge in [0, 0.05) is 0 Å². The van der Waals surface area contributed by atoms with Gasteiger partial charge in [0.05, 0.1) is 17.4 Å². The number of terminal acetylenes is 1. The van der Waals surface area contributed by atoms with Crippen LogP contribution in [0.3, 0.4) is 0 Å². The maximum Gasteiger partial charge on any atom is 0.243 e. The molecule has 0 fully saturated rings. The van der Waals surface area contributed by atoms with Crippen molar-refractivity contribution in [1.29, 1.82) is 0 Å². The SMILES string of the molecule is C#CC(C)Nc1nnc(CC)c(CC)n1. The van der Waals surface area contributed by atoms with Gasteiger partial charge in [0.1, 0.15) is 0 Å². The van der Waals surface area contributed by atoms with E-state index >= 15 is 0 Å². The Morgan fingerprint density at radius 2 is 1.93 bits per heavy atom. The first kappa shape index (κ1) is 11.4. The van der Waals surface area contributed by atoms with E-state index in [-0.39, 0.29) is 6.04 Å². The van der Waals surface area contributed by atoms with E-state index < -0.39 is 0 Å². The third-order valence-corrected chi connectivity index (χ3v) is 2.10. The van der Waals surface area contributed by atoms with Crippen molar-refractivity contribution in [2.75, 3.05) is 5.32 Å². The summed E-state index contributed by atoms with van der Waals surface area (Å²) in [5, 5.41) is 11.1. The van der Waals surface area contributed by atoms with Crippen molar-refractivity contribution in [1.82, 2.24) is 15.2 Å². The van der Waals surface area contributed by atoms with Crippen LogP contribution in [0.2, 0.25) is 0 Å². The average molecular weight is 204 g/mol. The molecule has 0 amide bonds. The summed E-state index contributed by atoms with van der Waals surface area (Å²) >= 11 is 0. The molecule has 1 N–H and O–H groups in total. The number of rotatable bonds is 4. The molecule has 15 heavy (non-hydrogen) atoms. The maximum absolute atomic E-state index is 5.26. The van der Waals surface area contributed by atoms with E-state index in [1.54, 1.807) is 0 Å². The molecule has 0 aliphatic rings. The highest BCUT2D eigenvalue weighted by Crippen LogP contribution is 2.07. The van der Waals surface area contributed by atoms with Crippen LogP contribution in [0.4, 0.5) is 5.95 Å². The molecule has 1 atom stereocenters. The summed E-state index contributed by atoms with van der Waals surface area (Å²) in [6, 6.07) is -0.0796. The van der Waals surface area contributed by atoms with Crippen LogP contribution in [0, 0.1) is 12.3 Å². The fourth-order valence-corrected chi connectivity index (χ4v) is 1.23. The molecule has 1 heterocycles. The van der Waals surface area contributed by atoms with Gasteiger partial charge in [-0.2, -0.15) is 5.10 Å². The van der Waals surface area contributed by atoms with E-state index in [0.717, 1.165) is 24.2 Å². The predicted molar refractivity (Wildman–Crippen MR) is 60.5 cm³/mol. The second kappa shape index (κ2) is 5.30. The number of nitrogens with zero attached hydrogens (tertiary/aromatic N) is 3. The number of aryl methyl sites for hydroxylation is 2. The molecule has 80 valence electrons. The van der Waals surface area contributed by atoms with Gasteiger partial charge in [0.15, 0.2) is 0 Å². The Bertz CT molecular complexity index is 367. The highest BCUT2D eigenvalue weighted by molar-refractivity contribution is 5.29. The fraction of sp³-hybridized carbons (Fsp3) is 0.545. The number of hydrogen-bond donors (Lipinski definition) is 1. The Morgan fingerprint density at radius 1 is 1.27 bits per heavy atom. The van der Waals surface area contributed by atoms with Gasteiger partial charge in [-0.05, 0) is 19.8 Å². The minimum atomic E-state index is -0.0796. The van der Waals surface area contributed by atoms with Gasteiger partial charge in [-0.3, -0.25) is 0 Å². The highest BCUT2D eigenvalue weighted by atomic mass is 15.2. The highest BCUT2D eigenvalue weighted by Gasteiger charge is 2.06. The third kappa shape index (κ3) is 2.91. The summed E-state index contributed by atoms with van der Waals surface area (Å²) in [7, 11) is 0. The molecule has 4 nitrogen and oxygen atoms in total. The summed E-state index contributed by atoms with van der Waals surface area (Å²) in [6.45, 7) is 5.97. The van der Waals surface area contributed by atoms with Crippen molar-refractivity contribution in [2.24, 2.45) is 0 Å². The zero-order chi connectivity index (χ0) is 11.3. The Kier molecular flexibility index (Phi) is 4.04. The summed E-state index contributed by atoms with van der Waals surface area (Å²) in [5.41, 5.74) is 1.94. The number of anilines is 1. The molecule has 0 spiro atoms. The first-order valence-electron chi connectivity index (χ1n) is 5.16. The molecule has 1 unspecified atom stereocenters. The normalized spacial score (nSPS) is 11.9. The minimum absolute atomic E-state index is 0.0796.